The number of urea groups is 1. The Kier molecular flexibility index (Phi) is 2.87. The normalized spacial score (nSPS) is 17.8. The molecule has 1 rings (SSSR count). The number of rotatable bonds is 3. The fourth-order valence-electron chi connectivity index (χ4n) is 0.947. The van der Waals surface area contributed by atoms with Gasteiger partial charge in [0.15, 0.2) is 0 Å². The number of hydroxylamine groups is 2. The van der Waals surface area contributed by atoms with Crippen molar-refractivity contribution in [1.29, 1.82) is 0 Å². The number of carbonyl (C=O) groups is 2. The third-order valence-electron chi connectivity index (χ3n) is 1.64. The summed E-state index contributed by atoms with van der Waals surface area (Å²) in [5.41, 5.74) is 0. The Morgan fingerprint density at radius 1 is 1.46 bits per heavy atom. The first-order valence-electron chi connectivity index (χ1n) is 4.23. The largest absolute Gasteiger partial charge is 0.351 e. The second-order valence-electron chi connectivity index (χ2n) is 3.52. The van der Waals surface area contributed by atoms with Crippen molar-refractivity contribution >= 4 is 11.9 Å². The minimum absolute atomic E-state index is 0.108. The van der Waals surface area contributed by atoms with Crippen LogP contribution in [0.5, 0.6) is 0 Å². The lowest BCUT2D eigenvalue weighted by Crippen LogP contribution is -2.32. The molecule has 0 bridgehead atoms. The molecule has 0 radical (unpaired) electrons. The minimum atomic E-state index is -0.384. The molecule has 0 N–H and O–H groups in total. The van der Waals surface area contributed by atoms with Crippen molar-refractivity contribution in [3.8, 4) is 0 Å². The zero-order valence-electron chi connectivity index (χ0n) is 8.11. The van der Waals surface area contributed by atoms with Crippen molar-refractivity contribution in [3.05, 3.63) is 0 Å². The molecule has 5 heteroatoms. The van der Waals surface area contributed by atoms with Crippen molar-refractivity contribution in [2.45, 2.75) is 13.8 Å². The minimum Gasteiger partial charge on any atom is -0.316 e. The number of amides is 3. The molecule has 0 saturated carbocycles. The van der Waals surface area contributed by atoms with Gasteiger partial charge in [0.1, 0.15) is 6.54 Å². The number of nitrogens with zero attached hydrogens (tertiary/aromatic N) is 2. The van der Waals surface area contributed by atoms with E-state index in [0.29, 0.717) is 12.5 Å². The fourth-order valence-corrected chi connectivity index (χ4v) is 0.947. The topological polar surface area (TPSA) is 49.9 Å². The van der Waals surface area contributed by atoms with E-state index in [1.807, 2.05) is 13.8 Å². The van der Waals surface area contributed by atoms with Crippen LogP contribution in [0.3, 0.4) is 0 Å². The van der Waals surface area contributed by atoms with E-state index in [0.717, 1.165) is 5.06 Å². The summed E-state index contributed by atoms with van der Waals surface area (Å²) in [4.78, 5) is 28.8. The number of hydrogen-bond donors (Lipinski definition) is 0. The lowest BCUT2D eigenvalue weighted by Gasteiger charge is -2.14. The van der Waals surface area contributed by atoms with Gasteiger partial charge in [-0.25, -0.2) is 4.79 Å². The van der Waals surface area contributed by atoms with E-state index in [1.54, 1.807) is 7.05 Å². The van der Waals surface area contributed by atoms with Crippen molar-refractivity contribution in [2.75, 3.05) is 20.2 Å². The summed E-state index contributed by atoms with van der Waals surface area (Å²) >= 11 is 0. The number of hydrogen-bond acceptors (Lipinski definition) is 3. The number of carbonyl (C=O) groups excluding carboxylic acids is 2. The van der Waals surface area contributed by atoms with Crippen molar-refractivity contribution in [3.63, 3.8) is 0 Å². The molecule has 0 aromatic rings. The third kappa shape index (κ3) is 2.18. The second kappa shape index (κ2) is 3.74. The van der Waals surface area contributed by atoms with E-state index in [2.05, 4.69) is 0 Å². The Hall–Kier alpha value is -1.10. The number of imide groups is 1. The molecule has 1 heterocycles. The first-order chi connectivity index (χ1) is 6.02. The zero-order valence-corrected chi connectivity index (χ0v) is 8.11. The highest BCUT2D eigenvalue weighted by atomic mass is 16.7. The van der Waals surface area contributed by atoms with Crippen LogP contribution in [0.2, 0.25) is 0 Å². The molecule has 0 atom stereocenters. The molecule has 1 aliphatic heterocycles. The van der Waals surface area contributed by atoms with Gasteiger partial charge in [-0.2, -0.15) is 0 Å². The van der Waals surface area contributed by atoms with E-state index in [4.69, 9.17) is 4.84 Å². The van der Waals surface area contributed by atoms with Gasteiger partial charge in [0.2, 0.25) is 0 Å². The highest BCUT2D eigenvalue weighted by molar-refractivity contribution is 6.00. The molecular weight excluding hydrogens is 172 g/mol. The second-order valence-corrected chi connectivity index (χ2v) is 3.52. The summed E-state index contributed by atoms with van der Waals surface area (Å²) in [6.07, 6.45) is 0. The molecule has 0 aromatic heterocycles. The first-order valence-corrected chi connectivity index (χ1v) is 4.23. The average molecular weight is 186 g/mol. The van der Waals surface area contributed by atoms with Crippen LogP contribution in [-0.4, -0.2) is 42.1 Å². The van der Waals surface area contributed by atoms with Crippen LogP contribution < -0.4 is 0 Å². The van der Waals surface area contributed by atoms with Crippen LogP contribution in [0.15, 0.2) is 0 Å². The van der Waals surface area contributed by atoms with Gasteiger partial charge in [0.05, 0.1) is 6.61 Å². The molecule has 0 aromatic carbocycles. The van der Waals surface area contributed by atoms with Gasteiger partial charge in [-0.15, -0.1) is 5.06 Å². The third-order valence-corrected chi connectivity index (χ3v) is 1.64. The molecule has 5 nitrogen and oxygen atoms in total. The maximum Gasteiger partial charge on any atom is 0.351 e. The quantitative estimate of drug-likeness (QED) is 0.602. The molecule has 13 heavy (non-hydrogen) atoms. The Morgan fingerprint density at radius 2 is 2.08 bits per heavy atom. The molecule has 0 unspecified atom stereocenters. The van der Waals surface area contributed by atoms with Crippen LogP contribution >= 0.6 is 0 Å². The van der Waals surface area contributed by atoms with Crippen molar-refractivity contribution in [2.24, 2.45) is 5.92 Å². The summed E-state index contributed by atoms with van der Waals surface area (Å²) < 4.78 is 0. The molecule has 74 valence electrons. The van der Waals surface area contributed by atoms with Crippen molar-refractivity contribution < 1.29 is 14.4 Å². The van der Waals surface area contributed by atoms with E-state index in [1.165, 1.54) is 4.90 Å². The summed E-state index contributed by atoms with van der Waals surface area (Å²) in [5.74, 6) is -0.000318. The Morgan fingerprint density at radius 3 is 2.46 bits per heavy atom. The zero-order chi connectivity index (χ0) is 10.0. The Labute approximate surface area is 77.2 Å². The van der Waals surface area contributed by atoms with Crippen LogP contribution in [0.4, 0.5) is 4.79 Å². The standard InChI is InChI=1S/C8H14N2O3/c1-6(2)5-13-10-7(11)4-9(3)8(10)12/h6H,4-5H2,1-3H3. The van der Waals surface area contributed by atoms with Gasteiger partial charge in [-0.3, -0.25) is 9.63 Å². The van der Waals surface area contributed by atoms with Gasteiger partial charge in [0.25, 0.3) is 5.91 Å². The van der Waals surface area contributed by atoms with Crippen LogP contribution in [0.1, 0.15) is 13.8 Å². The Bertz CT molecular complexity index is 227. The predicted octanol–water partition coefficient (Wildman–Crippen LogP) is 0.468. The lowest BCUT2D eigenvalue weighted by molar-refractivity contribution is -0.164. The van der Waals surface area contributed by atoms with Crippen LogP contribution in [0, 0.1) is 5.92 Å². The predicted molar refractivity (Wildman–Crippen MR) is 45.7 cm³/mol. The molecule has 1 aliphatic rings. The average Bonchev–Trinajstić information content (AvgIpc) is 2.24. The van der Waals surface area contributed by atoms with Gasteiger partial charge in [-0.1, -0.05) is 13.8 Å². The molecule has 3 amide bonds. The maximum atomic E-state index is 11.2. The molecule has 0 spiro atoms. The van der Waals surface area contributed by atoms with E-state index in [9.17, 15) is 9.59 Å². The van der Waals surface area contributed by atoms with Gasteiger partial charge in [-0.05, 0) is 5.92 Å². The smallest absolute Gasteiger partial charge is 0.316 e. The molecule has 1 saturated heterocycles. The summed E-state index contributed by atoms with van der Waals surface area (Å²) in [6, 6.07) is -0.384. The van der Waals surface area contributed by atoms with E-state index in [-0.39, 0.29) is 18.5 Å². The SMILES string of the molecule is CC(C)CON1C(=O)CN(C)C1=O. The lowest BCUT2D eigenvalue weighted by atomic mass is 10.2. The highest BCUT2D eigenvalue weighted by Gasteiger charge is 2.34. The maximum absolute atomic E-state index is 11.2. The van der Waals surface area contributed by atoms with Crippen LogP contribution in [-0.2, 0) is 9.63 Å². The Balaban J connectivity index is 2.49. The van der Waals surface area contributed by atoms with Gasteiger partial charge >= 0.3 is 6.03 Å². The molecule has 1 fully saturated rings. The van der Waals surface area contributed by atoms with Crippen LogP contribution in [0.25, 0.3) is 0 Å². The number of likely N-dealkylation sites (N-methyl/N-ethyl adjacent to an activating group) is 1. The van der Waals surface area contributed by atoms with Gasteiger partial charge < -0.3 is 4.90 Å². The summed E-state index contributed by atoms with van der Waals surface area (Å²) in [7, 11) is 1.57. The summed E-state index contributed by atoms with van der Waals surface area (Å²) in [6.45, 7) is 4.39. The van der Waals surface area contributed by atoms with Gasteiger partial charge in [0, 0.05) is 7.05 Å². The first kappa shape index (κ1) is 9.98. The molecule has 0 aliphatic carbocycles. The fraction of sp³-hybridized carbons (Fsp3) is 0.750. The van der Waals surface area contributed by atoms with E-state index >= 15 is 0 Å². The molecular formula is C8H14N2O3. The monoisotopic (exact) mass is 186 g/mol. The van der Waals surface area contributed by atoms with E-state index < -0.39 is 0 Å². The van der Waals surface area contributed by atoms with Crippen molar-refractivity contribution in [1.82, 2.24) is 9.96 Å². The summed E-state index contributed by atoms with van der Waals surface area (Å²) in [5, 5.41) is 0.833. The highest BCUT2D eigenvalue weighted by Crippen LogP contribution is 2.09.